The van der Waals surface area contributed by atoms with Crippen LogP contribution in [0.2, 0.25) is 0 Å². The van der Waals surface area contributed by atoms with Crippen LogP contribution in [0.4, 0.5) is 0 Å². The summed E-state index contributed by atoms with van der Waals surface area (Å²) in [6, 6.07) is -1.16. The van der Waals surface area contributed by atoms with Crippen molar-refractivity contribution in [3.8, 4) is 0 Å². The number of unbranched alkanes of at least 4 members (excludes halogenated alkanes) is 26. The van der Waals surface area contributed by atoms with Gasteiger partial charge in [0.1, 0.15) is 36.6 Å². The van der Waals surface area contributed by atoms with E-state index in [0.717, 1.165) is 44.4 Å². The van der Waals surface area contributed by atoms with Gasteiger partial charge in [-0.3, -0.25) is 4.79 Å². The number of hydrogen-bond donors (Lipinski definition) is 8. The summed E-state index contributed by atoms with van der Waals surface area (Å²) < 4.78 is 11.1. The maximum atomic E-state index is 13.1. The Balaban J connectivity index is 2.39. The fourth-order valence-corrected chi connectivity index (χ4v) is 8.18. The summed E-state index contributed by atoms with van der Waals surface area (Å²) in [4.78, 5) is 13.1. The van der Waals surface area contributed by atoms with Crippen LogP contribution in [0.1, 0.15) is 226 Å². The molecule has 0 saturated carbocycles. The van der Waals surface area contributed by atoms with Gasteiger partial charge in [0, 0.05) is 0 Å². The lowest BCUT2D eigenvalue weighted by Gasteiger charge is -2.40. The summed E-state index contributed by atoms with van der Waals surface area (Å²) in [5.74, 6) is 0.121. The van der Waals surface area contributed by atoms with Gasteiger partial charge in [0.2, 0.25) is 5.91 Å². The lowest BCUT2D eigenvalue weighted by atomic mass is 9.98. The third kappa shape index (κ3) is 27.7. The van der Waals surface area contributed by atoms with Gasteiger partial charge in [-0.25, -0.2) is 0 Å². The van der Waals surface area contributed by atoms with Crippen LogP contribution in [0.3, 0.4) is 0 Å². The average Bonchev–Trinajstić information content (AvgIpc) is 3.24. The van der Waals surface area contributed by atoms with Gasteiger partial charge in [-0.1, -0.05) is 213 Å². The first-order chi connectivity index (χ1) is 28.6. The van der Waals surface area contributed by atoms with Crippen molar-refractivity contribution in [3.05, 3.63) is 0 Å². The molecule has 0 bridgehead atoms. The largest absolute Gasteiger partial charge is 0.394 e. The second-order valence-electron chi connectivity index (χ2n) is 18.1. The van der Waals surface area contributed by atoms with Crippen LogP contribution >= 0.6 is 0 Å². The van der Waals surface area contributed by atoms with E-state index in [4.69, 9.17) is 9.47 Å². The molecule has 10 atom stereocenters. The van der Waals surface area contributed by atoms with Crippen LogP contribution in [0.25, 0.3) is 0 Å². The molecule has 0 aromatic heterocycles. The molecule has 1 amide bonds. The average molecular weight is 846 g/mol. The van der Waals surface area contributed by atoms with Gasteiger partial charge < -0.3 is 50.5 Å². The van der Waals surface area contributed by atoms with E-state index in [1.807, 2.05) is 0 Å². The van der Waals surface area contributed by atoms with E-state index in [9.17, 15) is 40.5 Å². The van der Waals surface area contributed by atoms with E-state index in [-0.39, 0.29) is 6.42 Å². The highest BCUT2D eigenvalue weighted by Crippen LogP contribution is 2.23. The third-order valence-corrected chi connectivity index (χ3v) is 12.7. The monoisotopic (exact) mass is 846 g/mol. The van der Waals surface area contributed by atoms with Crippen LogP contribution < -0.4 is 5.32 Å². The Kier molecular flexibility index (Phi) is 35.8. The van der Waals surface area contributed by atoms with Gasteiger partial charge in [-0.15, -0.1) is 0 Å². The number of aliphatic hydroxyl groups excluding tert-OH is 7. The number of rotatable bonds is 41. The zero-order chi connectivity index (χ0) is 43.5. The van der Waals surface area contributed by atoms with E-state index in [1.54, 1.807) is 0 Å². The van der Waals surface area contributed by atoms with Crippen LogP contribution in [0.15, 0.2) is 0 Å². The summed E-state index contributed by atoms with van der Waals surface area (Å²) in [6.45, 7) is 5.79. The lowest BCUT2D eigenvalue weighted by molar-refractivity contribution is -0.303. The van der Waals surface area contributed by atoms with Crippen molar-refractivity contribution in [2.24, 2.45) is 5.92 Å². The van der Waals surface area contributed by atoms with Crippen molar-refractivity contribution in [1.29, 1.82) is 0 Å². The van der Waals surface area contributed by atoms with Gasteiger partial charge in [-0.05, 0) is 18.8 Å². The fourth-order valence-electron chi connectivity index (χ4n) is 8.18. The quantitative estimate of drug-likeness (QED) is 0.0277. The molecule has 11 heteroatoms. The summed E-state index contributed by atoms with van der Waals surface area (Å²) >= 11 is 0. The number of aliphatic hydroxyl groups is 7. The molecule has 3 unspecified atom stereocenters. The first-order valence-electron chi connectivity index (χ1n) is 24.8. The third-order valence-electron chi connectivity index (χ3n) is 12.7. The maximum Gasteiger partial charge on any atom is 0.249 e. The summed E-state index contributed by atoms with van der Waals surface area (Å²) in [6.07, 6.45) is 25.8. The number of nitrogens with one attached hydrogen (secondary N) is 1. The van der Waals surface area contributed by atoms with Gasteiger partial charge in [0.25, 0.3) is 0 Å². The van der Waals surface area contributed by atoms with Crippen molar-refractivity contribution in [3.63, 3.8) is 0 Å². The van der Waals surface area contributed by atoms with Gasteiger partial charge >= 0.3 is 0 Å². The van der Waals surface area contributed by atoms with Crippen LogP contribution in [0, 0.1) is 5.92 Å². The highest BCUT2D eigenvalue weighted by Gasteiger charge is 2.44. The molecule has 352 valence electrons. The number of ether oxygens (including phenoxy) is 2. The molecule has 1 saturated heterocycles. The van der Waals surface area contributed by atoms with Crippen molar-refractivity contribution < 1.29 is 50.0 Å². The molecule has 11 nitrogen and oxygen atoms in total. The van der Waals surface area contributed by atoms with E-state index in [1.165, 1.54) is 141 Å². The Morgan fingerprint density at radius 1 is 0.576 bits per heavy atom. The minimum absolute atomic E-state index is 0.266. The number of amides is 1. The van der Waals surface area contributed by atoms with Crippen molar-refractivity contribution in [2.45, 2.75) is 281 Å². The zero-order valence-electron chi connectivity index (χ0n) is 38.2. The highest BCUT2D eigenvalue weighted by atomic mass is 16.7. The smallest absolute Gasteiger partial charge is 0.249 e. The van der Waals surface area contributed by atoms with Crippen LogP contribution in [-0.4, -0.2) is 110 Å². The molecule has 1 heterocycles. The Labute approximate surface area is 360 Å². The molecule has 8 N–H and O–H groups in total. The molecule has 1 fully saturated rings. The Morgan fingerprint density at radius 2 is 0.983 bits per heavy atom. The van der Waals surface area contributed by atoms with E-state index >= 15 is 0 Å². The topological polar surface area (TPSA) is 189 Å². The first kappa shape index (κ1) is 56.1. The number of hydrogen-bond acceptors (Lipinski definition) is 10. The maximum absolute atomic E-state index is 13.1. The normalized spacial score (nSPS) is 22.2. The lowest BCUT2D eigenvalue weighted by Crippen LogP contribution is -2.60. The predicted molar refractivity (Wildman–Crippen MR) is 238 cm³/mol. The summed E-state index contributed by atoms with van der Waals surface area (Å²) in [5, 5.41) is 75.8. The Hall–Kier alpha value is -0.890. The number of carbonyl (C=O) groups is 1. The van der Waals surface area contributed by atoms with E-state index < -0.39 is 74.2 Å². The summed E-state index contributed by atoms with van der Waals surface area (Å²) in [5.41, 5.74) is 0. The van der Waals surface area contributed by atoms with Gasteiger partial charge in [0.15, 0.2) is 6.29 Å². The summed E-state index contributed by atoms with van der Waals surface area (Å²) in [7, 11) is 0. The predicted octanol–water partition coefficient (Wildman–Crippen LogP) is 8.53. The van der Waals surface area contributed by atoms with Crippen LogP contribution in [0.5, 0.6) is 0 Å². The van der Waals surface area contributed by atoms with Crippen LogP contribution in [-0.2, 0) is 14.3 Å². The molecule has 1 aliphatic rings. The van der Waals surface area contributed by atoms with Crippen molar-refractivity contribution >= 4 is 5.91 Å². The van der Waals surface area contributed by atoms with Gasteiger partial charge in [-0.2, -0.15) is 0 Å². The molecule has 1 aliphatic heterocycles. The minimum atomic E-state index is -1.66. The van der Waals surface area contributed by atoms with E-state index in [2.05, 4.69) is 26.1 Å². The highest BCUT2D eigenvalue weighted by molar-refractivity contribution is 5.80. The van der Waals surface area contributed by atoms with Crippen molar-refractivity contribution in [2.75, 3.05) is 13.2 Å². The molecular weight excluding hydrogens is 751 g/mol. The standard InChI is InChI=1S/C48H95NO10/c1-4-6-7-8-9-10-11-12-13-14-15-16-17-18-19-22-26-29-32-35-41(52)47(57)49-39(37-58-48-46(56)45(55)44(54)42(36-50)59-48)43(53)40(51)34-31-28-25-23-20-21-24-27-30-33-38(3)5-2/h38-46,48,50-56H,4-37H2,1-3H3,(H,49,57)/t38?,39-,40+,41+,42?,43-,44-,45-,46?,48+/m0/s1. The second kappa shape index (κ2) is 37.6. The first-order valence-corrected chi connectivity index (χ1v) is 24.8. The fraction of sp³-hybridized carbons (Fsp3) is 0.979. The van der Waals surface area contributed by atoms with E-state index in [0.29, 0.717) is 19.3 Å². The minimum Gasteiger partial charge on any atom is -0.394 e. The zero-order valence-corrected chi connectivity index (χ0v) is 38.2. The molecule has 0 spiro atoms. The molecule has 1 rings (SSSR count). The molecule has 0 aromatic carbocycles. The van der Waals surface area contributed by atoms with Gasteiger partial charge in [0.05, 0.1) is 25.4 Å². The molecule has 59 heavy (non-hydrogen) atoms. The Bertz CT molecular complexity index is 943. The molecule has 0 aromatic rings. The molecule has 0 radical (unpaired) electrons. The SMILES string of the molecule is CCCCCCCCCCCCCCCCCCCCC[C@@H](O)C(=O)N[C@@H](CO[C@@H]1OC(CO)[C@H](O)[C@H](O)C1O)[C@H](O)[C@H](O)CCCCCCCCCCCC(C)CC. The number of carbonyl (C=O) groups excluding carboxylic acids is 1. The molecule has 0 aliphatic carbocycles. The Morgan fingerprint density at radius 3 is 1.41 bits per heavy atom. The second-order valence-corrected chi connectivity index (χ2v) is 18.1. The van der Waals surface area contributed by atoms with Crippen molar-refractivity contribution in [1.82, 2.24) is 5.32 Å². The molecular formula is C48H95NO10.